The standard InChI is InChI=1S/C13H17N3O2/c1-9-4-5-13(12(6-9)10(2)17)18-8-11-7-16(3)15-14-11/h4-7,10,17H,8H2,1-3H3. The lowest BCUT2D eigenvalue weighted by molar-refractivity contribution is 0.189. The summed E-state index contributed by atoms with van der Waals surface area (Å²) < 4.78 is 7.31. The van der Waals surface area contributed by atoms with Crippen molar-refractivity contribution in [1.82, 2.24) is 15.0 Å². The summed E-state index contributed by atoms with van der Waals surface area (Å²) in [5.74, 6) is 0.682. The minimum Gasteiger partial charge on any atom is -0.487 e. The predicted octanol–water partition coefficient (Wildman–Crippen LogP) is 1.76. The second-order valence-corrected chi connectivity index (χ2v) is 4.39. The molecule has 1 atom stereocenters. The van der Waals surface area contributed by atoms with Crippen LogP contribution in [-0.2, 0) is 13.7 Å². The topological polar surface area (TPSA) is 60.2 Å². The molecule has 0 aliphatic carbocycles. The summed E-state index contributed by atoms with van der Waals surface area (Å²) in [4.78, 5) is 0. The van der Waals surface area contributed by atoms with E-state index in [1.54, 1.807) is 17.8 Å². The molecule has 0 fully saturated rings. The minimum absolute atomic E-state index is 0.344. The first-order chi connectivity index (χ1) is 8.56. The van der Waals surface area contributed by atoms with Gasteiger partial charge in [-0.15, -0.1) is 5.10 Å². The Balaban J connectivity index is 2.13. The van der Waals surface area contributed by atoms with Crippen LogP contribution in [-0.4, -0.2) is 20.1 Å². The predicted molar refractivity (Wildman–Crippen MR) is 67.1 cm³/mol. The summed E-state index contributed by atoms with van der Waals surface area (Å²) >= 11 is 0. The molecule has 1 heterocycles. The third kappa shape index (κ3) is 2.87. The molecule has 18 heavy (non-hydrogen) atoms. The maximum atomic E-state index is 9.72. The van der Waals surface area contributed by atoms with Gasteiger partial charge in [0.2, 0.25) is 0 Å². The zero-order valence-electron chi connectivity index (χ0n) is 10.8. The second kappa shape index (κ2) is 5.18. The van der Waals surface area contributed by atoms with Crippen molar-refractivity contribution in [3.63, 3.8) is 0 Å². The van der Waals surface area contributed by atoms with Crippen LogP contribution in [0.4, 0.5) is 0 Å². The van der Waals surface area contributed by atoms with Crippen LogP contribution < -0.4 is 4.74 Å². The Labute approximate surface area is 106 Å². The smallest absolute Gasteiger partial charge is 0.134 e. The number of aryl methyl sites for hydroxylation is 2. The van der Waals surface area contributed by atoms with Crippen LogP contribution >= 0.6 is 0 Å². The summed E-state index contributed by atoms with van der Waals surface area (Å²) in [5.41, 5.74) is 2.64. The first-order valence-electron chi connectivity index (χ1n) is 5.83. The van der Waals surface area contributed by atoms with Gasteiger partial charge in [-0.3, -0.25) is 4.68 Å². The van der Waals surface area contributed by atoms with E-state index in [1.165, 1.54) is 0 Å². The quantitative estimate of drug-likeness (QED) is 0.894. The third-order valence-corrected chi connectivity index (χ3v) is 2.64. The SMILES string of the molecule is Cc1ccc(OCc2cn(C)nn2)c(C(C)O)c1. The third-order valence-electron chi connectivity index (χ3n) is 2.64. The van der Waals surface area contributed by atoms with Gasteiger partial charge in [0, 0.05) is 12.6 Å². The molecule has 1 aromatic carbocycles. The van der Waals surface area contributed by atoms with Crippen molar-refractivity contribution < 1.29 is 9.84 Å². The highest BCUT2D eigenvalue weighted by Crippen LogP contribution is 2.26. The molecule has 0 saturated heterocycles. The van der Waals surface area contributed by atoms with Crippen molar-refractivity contribution in [2.75, 3.05) is 0 Å². The van der Waals surface area contributed by atoms with E-state index in [2.05, 4.69) is 10.3 Å². The van der Waals surface area contributed by atoms with E-state index in [-0.39, 0.29) is 0 Å². The number of aliphatic hydroxyl groups is 1. The van der Waals surface area contributed by atoms with Gasteiger partial charge in [0.15, 0.2) is 0 Å². The van der Waals surface area contributed by atoms with Crippen molar-refractivity contribution in [2.24, 2.45) is 7.05 Å². The molecule has 0 radical (unpaired) electrons. The number of hydrogen-bond acceptors (Lipinski definition) is 4. The van der Waals surface area contributed by atoms with Gasteiger partial charge in [-0.1, -0.05) is 16.8 Å². The van der Waals surface area contributed by atoms with Gasteiger partial charge in [-0.25, -0.2) is 0 Å². The monoisotopic (exact) mass is 247 g/mol. The number of nitrogens with zero attached hydrogens (tertiary/aromatic N) is 3. The highest BCUT2D eigenvalue weighted by atomic mass is 16.5. The zero-order chi connectivity index (χ0) is 13.1. The average molecular weight is 247 g/mol. The van der Waals surface area contributed by atoms with E-state index in [0.717, 1.165) is 16.8 Å². The molecule has 0 amide bonds. The molecule has 1 unspecified atom stereocenters. The van der Waals surface area contributed by atoms with Crippen molar-refractivity contribution >= 4 is 0 Å². The summed E-state index contributed by atoms with van der Waals surface area (Å²) in [5, 5.41) is 17.5. The lowest BCUT2D eigenvalue weighted by Crippen LogP contribution is -2.01. The lowest BCUT2D eigenvalue weighted by atomic mass is 10.1. The Hall–Kier alpha value is -1.88. The molecular formula is C13H17N3O2. The summed E-state index contributed by atoms with van der Waals surface area (Å²) in [6.45, 7) is 4.05. The molecule has 0 saturated carbocycles. The zero-order valence-corrected chi connectivity index (χ0v) is 10.8. The molecule has 96 valence electrons. The molecule has 0 spiro atoms. The van der Waals surface area contributed by atoms with Crippen LogP contribution in [0.3, 0.4) is 0 Å². The maximum Gasteiger partial charge on any atom is 0.134 e. The van der Waals surface area contributed by atoms with E-state index in [0.29, 0.717) is 12.4 Å². The van der Waals surface area contributed by atoms with E-state index < -0.39 is 6.10 Å². The average Bonchev–Trinajstić information content (AvgIpc) is 2.73. The first-order valence-corrected chi connectivity index (χ1v) is 5.83. The molecule has 2 rings (SSSR count). The normalized spacial score (nSPS) is 12.4. The van der Waals surface area contributed by atoms with Crippen LogP contribution in [0.25, 0.3) is 0 Å². The van der Waals surface area contributed by atoms with Gasteiger partial charge in [0.05, 0.1) is 12.3 Å². The largest absolute Gasteiger partial charge is 0.487 e. The molecule has 0 bridgehead atoms. The van der Waals surface area contributed by atoms with E-state index >= 15 is 0 Å². The van der Waals surface area contributed by atoms with Crippen LogP contribution in [0.1, 0.15) is 29.8 Å². The van der Waals surface area contributed by atoms with Crippen molar-refractivity contribution in [1.29, 1.82) is 0 Å². The van der Waals surface area contributed by atoms with Gasteiger partial charge in [0.25, 0.3) is 0 Å². The van der Waals surface area contributed by atoms with Gasteiger partial charge < -0.3 is 9.84 Å². The summed E-state index contributed by atoms with van der Waals surface area (Å²) in [7, 11) is 1.81. The molecule has 5 heteroatoms. The Bertz CT molecular complexity index is 535. The molecule has 1 N–H and O–H groups in total. The Morgan fingerprint density at radius 3 is 2.83 bits per heavy atom. The molecule has 0 aliphatic heterocycles. The molecule has 1 aromatic heterocycles. The fraction of sp³-hybridized carbons (Fsp3) is 0.385. The Morgan fingerprint density at radius 2 is 2.22 bits per heavy atom. The van der Waals surface area contributed by atoms with E-state index in [1.807, 2.05) is 32.2 Å². The van der Waals surface area contributed by atoms with Gasteiger partial charge in [-0.05, 0) is 26.0 Å². The van der Waals surface area contributed by atoms with Gasteiger partial charge >= 0.3 is 0 Å². The highest BCUT2D eigenvalue weighted by molar-refractivity contribution is 5.38. The fourth-order valence-corrected chi connectivity index (χ4v) is 1.74. The number of hydrogen-bond donors (Lipinski definition) is 1. The van der Waals surface area contributed by atoms with Crippen molar-refractivity contribution in [3.05, 3.63) is 41.2 Å². The lowest BCUT2D eigenvalue weighted by Gasteiger charge is -2.13. The van der Waals surface area contributed by atoms with E-state index in [9.17, 15) is 5.11 Å². The molecular weight excluding hydrogens is 230 g/mol. The van der Waals surface area contributed by atoms with Crippen molar-refractivity contribution in [2.45, 2.75) is 26.6 Å². The number of benzene rings is 1. The van der Waals surface area contributed by atoms with Crippen molar-refractivity contribution in [3.8, 4) is 5.75 Å². The summed E-state index contributed by atoms with van der Waals surface area (Å²) in [6.07, 6.45) is 1.25. The molecule has 0 aliphatic rings. The number of aliphatic hydroxyl groups excluding tert-OH is 1. The molecule has 5 nitrogen and oxygen atoms in total. The molecule has 2 aromatic rings. The number of rotatable bonds is 4. The number of aromatic nitrogens is 3. The van der Waals surface area contributed by atoms with E-state index in [4.69, 9.17) is 4.74 Å². The van der Waals surface area contributed by atoms with Gasteiger partial charge in [-0.2, -0.15) is 0 Å². The Kier molecular flexibility index (Phi) is 3.62. The first kappa shape index (κ1) is 12.6. The highest BCUT2D eigenvalue weighted by Gasteiger charge is 2.10. The maximum absolute atomic E-state index is 9.72. The summed E-state index contributed by atoms with van der Waals surface area (Å²) in [6, 6.07) is 5.75. The number of ether oxygens (including phenoxy) is 1. The Morgan fingerprint density at radius 1 is 1.44 bits per heavy atom. The minimum atomic E-state index is -0.554. The van der Waals surface area contributed by atoms with Crippen LogP contribution in [0.15, 0.2) is 24.4 Å². The van der Waals surface area contributed by atoms with Gasteiger partial charge in [0.1, 0.15) is 18.1 Å². The second-order valence-electron chi connectivity index (χ2n) is 4.39. The van der Waals surface area contributed by atoms with Crippen LogP contribution in [0.2, 0.25) is 0 Å². The van der Waals surface area contributed by atoms with Crippen LogP contribution in [0, 0.1) is 6.92 Å². The fourth-order valence-electron chi connectivity index (χ4n) is 1.74. The van der Waals surface area contributed by atoms with Crippen LogP contribution in [0.5, 0.6) is 5.75 Å².